The molecule has 4 aromatic carbocycles. The van der Waals surface area contributed by atoms with Crippen LogP contribution in [0.3, 0.4) is 0 Å². The van der Waals surface area contributed by atoms with Gasteiger partial charge in [-0.25, -0.2) is 24.3 Å². The molecule has 0 spiro atoms. The molecular weight excluding hydrogens is 443 g/mol. The van der Waals surface area contributed by atoms with E-state index in [0.29, 0.717) is 0 Å². The molecule has 0 atom stereocenters. The van der Waals surface area contributed by atoms with Crippen molar-refractivity contribution < 1.29 is 46.0 Å². The Bertz CT molecular complexity index is 746. The van der Waals surface area contributed by atoms with Crippen LogP contribution in [0.4, 0.5) is 0 Å². The van der Waals surface area contributed by atoms with Crippen molar-refractivity contribution in [1.82, 2.24) is 0 Å². The van der Waals surface area contributed by atoms with Crippen LogP contribution in [0.5, 0.6) is 0 Å². The number of carboxylic acids is 2. The molecule has 0 radical (unpaired) electrons. The molecule has 0 saturated heterocycles. The molecule has 0 bridgehead atoms. The molecule has 0 aliphatic carbocycles. The van der Waals surface area contributed by atoms with Gasteiger partial charge in [-0.2, -0.15) is 36.4 Å². The predicted molar refractivity (Wildman–Crippen MR) is 106 cm³/mol. The summed E-state index contributed by atoms with van der Waals surface area (Å²) < 4.78 is 0. The molecule has 0 unspecified atom stereocenters. The second kappa shape index (κ2) is 17.1. The van der Waals surface area contributed by atoms with E-state index in [1.165, 1.54) is 24.3 Å². The first kappa shape index (κ1) is 26.0. The van der Waals surface area contributed by atoms with Crippen molar-refractivity contribution >= 4 is 11.9 Å². The summed E-state index contributed by atoms with van der Waals surface area (Å²) in [4.78, 5) is 20.2. The molecule has 0 aromatic heterocycles. The molecule has 5 heteroatoms. The normalized spacial score (nSPS) is 8.28. The van der Waals surface area contributed by atoms with E-state index >= 15 is 0 Å². The van der Waals surface area contributed by atoms with Crippen LogP contribution in [0, 0.1) is 0 Å². The van der Waals surface area contributed by atoms with E-state index in [4.69, 9.17) is 0 Å². The Hall–Kier alpha value is -3.04. The fraction of sp³-hybridized carbons (Fsp3) is 0. The van der Waals surface area contributed by atoms with E-state index < -0.39 is 11.9 Å². The van der Waals surface area contributed by atoms with Gasteiger partial charge < -0.3 is 19.8 Å². The number of aromatic carboxylic acids is 2. The first-order valence-electron chi connectivity index (χ1n) is 8.47. The van der Waals surface area contributed by atoms with Gasteiger partial charge in [0.2, 0.25) is 0 Å². The van der Waals surface area contributed by atoms with Crippen molar-refractivity contribution in [2.24, 2.45) is 0 Å². The zero-order chi connectivity index (χ0) is 20.5. The van der Waals surface area contributed by atoms with Gasteiger partial charge in [-0.3, -0.25) is 0 Å². The average molecular weight is 464 g/mol. The minimum atomic E-state index is -1.13. The summed E-state index contributed by atoms with van der Waals surface area (Å²) in [5.74, 6) is -2.26. The Morgan fingerprint density at radius 2 is 0.793 bits per heavy atom. The van der Waals surface area contributed by atoms with Gasteiger partial charge in [-0.15, -0.1) is 0 Å². The summed E-state index contributed by atoms with van der Waals surface area (Å²) in [6.45, 7) is 0. The summed E-state index contributed by atoms with van der Waals surface area (Å²) in [5, 5.41) is 20.2. The number of benzene rings is 2. The van der Waals surface area contributed by atoms with Crippen LogP contribution in [0.2, 0.25) is 0 Å². The van der Waals surface area contributed by atoms with Gasteiger partial charge in [0, 0.05) is 0 Å². The average Bonchev–Trinajstić information content (AvgIpc) is 3.48. The van der Waals surface area contributed by atoms with Crippen molar-refractivity contribution in [1.29, 1.82) is 0 Å². The number of carbonyl (C=O) groups is 2. The quantitative estimate of drug-likeness (QED) is 0.428. The number of carbonyl (C=O) groups excluding carboxylic acids is 2. The molecule has 0 saturated carbocycles. The van der Waals surface area contributed by atoms with Crippen molar-refractivity contribution in [3.05, 3.63) is 132 Å². The third-order valence-corrected chi connectivity index (χ3v) is 3.13. The number of hydrogen-bond acceptors (Lipinski definition) is 4. The number of rotatable bonds is 2. The Labute approximate surface area is 189 Å². The molecule has 4 aromatic rings. The monoisotopic (exact) mass is 462 g/mol. The smallest absolute Gasteiger partial charge is 0.545 e. The van der Waals surface area contributed by atoms with Crippen LogP contribution in [-0.4, -0.2) is 11.9 Å². The fourth-order valence-corrected chi connectivity index (χ4v) is 1.79. The van der Waals surface area contributed by atoms with Gasteiger partial charge in [-0.05, 0) is 11.1 Å². The zero-order valence-corrected chi connectivity index (χ0v) is 18.1. The van der Waals surface area contributed by atoms with E-state index in [1.807, 2.05) is 60.7 Å². The maximum atomic E-state index is 10.1. The summed E-state index contributed by atoms with van der Waals surface area (Å²) in [7, 11) is 0. The largest absolute Gasteiger partial charge is 4.00 e. The maximum absolute atomic E-state index is 10.1. The molecule has 4 rings (SSSR count). The van der Waals surface area contributed by atoms with E-state index in [0.717, 1.165) is 0 Å². The second-order valence-electron chi connectivity index (χ2n) is 5.23. The van der Waals surface area contributed by atoms with Crippen molar-refractivity contribution in [3.63, 3.8) is 0 Å². The van der Waals surface area contributed by atoms with Crippen LogP contribution in [-0.2, 0) is 26.2 Å². The SMILES string of the molecule is O=C([O-])c1ccccc1.O=C([O-])c1ccccc1.[Zr+4].c1cc[cH-]c1.c1cc[cH-]c1. The van der Waals surface area contributed by atoms with Crippen molar-refractivity contribution in [2.45, 2.75) is 0 Å². The van der Waals surface area contributed by atoms with Crippen LogP contribution >= 0.6 is 0 Å². The van der Waals surface area contributed by atoms with Gasteiger partial charge in [0.05, 0.1) is 11.9 Å². The summed E-state index contributed by atoms with van der Waals surface area (Å²) in [6.07, 6.45) is 0. The van der Waals surface area contributed by atoms with E-state index in [1.54, 1.807) is 36.4 Å². The van der Waals surface area contributed by atoms with Crippen LogP contribution in [0.15, 0.2) is 121 Å². The molecule has 0 N–H and O–H groups in total. The number of hydrogen-bond donors (Lipinski definition) is 0. The standard InChI is InChI=1S/2C7H6O2.2C5H5.Zr/c2*8-7(9)6-4-2-1-3-5-6;2*1-2-4-5-3-1;/h2*1-5H,(H,8,9);2*1-5H;/q;;2*-1;+4/p-2. The molecule has 0 heterocycles. The second-order valence-corrected chi connectivity index (χ2v) is 5.23. The van der Waals surface area contributed by atoms with Crippen LogP contribution in [0.1, 0.15) is 20.7 Å². The molecule has 29 heavy (non-hydrogen) atoms. The third-order valence-electron chi connectivity index (χ3n) is 3.13. The minimum Gasteiger partial charge on any atom is -0.545 e. The Morgan fingerprint density at radius 1 is 0.517 bits per heavy atom. The molecule has 0 aliphatic heterocycles. The fourth-order valence-electron chi connectivity index (χ4n) is 1.79. The van der Waals surface area contributed by atoms with E-state index in [2.05, 4.69) is 0 Å². The van der Waals surface area contributed by atoms with Crippen molar-refractivity contribution in [2.75, 3.05) is 0 Å². The topological polar surface area (TPSA) is 80.3 Å². The van der Waals surface area contributed by atoms with Gasteiger partial charge in [0.25, 0.3) is 0 Å². The minimum absolute atomic E-state index is 0. The molecule has 0 aliphatic rings. The summed E-state index contributed by atoms with van der Waals surface area (Å²) in [6, 6.07) is 36.1. The summed E-state index contributed by atoms with van der Waals surface area (Å²) >= 11 is 0. The van der Waals surface area contributed by atoms with Gasteiger partial charge in [-0.1, -0.05) is 60.7 Å². The molecular formula is C24H20O4Zr. The van der Waals surface area contributed by atoms with E-state index in [9.17, 15) is 19.8 Å². The maximum Gasteiger partial charge on any atom is 4.00 e. The van der Waals surface area contributed by atoms with Crippen molar-refractivity contribution in [3.8, 4) is 0 Å². The Kier molecular flexibility index (Phi) is 15.3. The molecule has 0 amide bonds. The first-order chi connectivity index (χ1) is 13.6. The molecule has 4 nitrogen and oxygen atoms in total. The van der Waals surface area contributed by atoms with E-state index in [-0.39, 0.29) is 37.3 Å². The Morgan fingerprint density at radius 3 is 0.931 bits per heavy atom. The Balaban J connectivity index is 0.000000369. The van der Waals surface area contributed by atoms with Gasteiger partial charge in [0.15, 0.2) is 0 Å². The zero-order valence-electron chi connectivity index (χ0n) is 15.7. The van der Waals surface area contributed by atoms with Crippen LogP contribution in [0.25, 0.3) is 0 Å². The van der Waals surface area contributed by atoms with Gasteiger partial charge in [0.1, 0.15) is 0 Å². The summed E-state index contributed by atoms with van der Waals surface area (Å²) in [5.41, 5.74) is 0.440. The van der Waals surface area contributed by atoms with Gasteiger partial charge >= 0.3 is 26.2 Å². The molecule has 144 valence electrons. The third kappa shape index (κ3) is 13.7. The number of carboxylic acid groups (broad SMARTS) is 2. The predicted octanol–water partition coefficient (Wildman–Crippen LogP) is 2.91. The molecule has 0 fully saturated rings. The van der Waals surface area contributed by atoms with Crippen LogP contribution < -0.4 is 10.2 Å². The first-order valence-corrected chi connectivity index (χ1v) is 8.47.